The highest BCUT2D eigenvalue weighted by atomic mass is 16.5. The number of hydrogen-bond donors (Lipinski definition) is 0. The number of amides is 1. The molecule has 0 aliphatic carbocycles. The molecule has 3 rings (SSSR count). The van der Waals surface area contributed by atoms with Crippen molar-refractivity contribution in [2.45, 2.75) is 26.0 Å². The second kappa shape index (κ2) is 7.60. The highest BCUT2D eigenvalue weighted by molar-refractivity contribution is 5.93. The standard InChI is InChI=1S/C17H24N6O2/c1-4-7-23-11-13(10-19-23)16(24)22-8-9-25-15(12-22)14-5-6-18-17(20-14)21(2)3/h5-6,10-11,15H,4,7-9,12H2,1-3H3/t15-/m0/s1. The number of nitrogens with zero attached hydrogens (tertiary/aromatic N) is 6. The zero-order valence-electron chi connectivity index (χ0n) is 14.9. The van der Waals surface area contributed by atoms with E-state index in [0.29, 0.717) is 31.2 Å². The summed E-state index contributed by atoms with van der Waals surface area (Å²) in [4.78, 5) is 25.1. The smallest absolute Gasteiger partial charge is 0.257 e. The molecule has 1 amide bonds. The van der Waals surface area contributed by atoms with Crippen LogP contribution in [0.4, 0.5) is 5.95 Å². The third kappa shape index (κ3) is 3.96. The van der Waals surface area contributed by atoms with Crippen LogP contribution in [0.25, 0.3) is 0 Å². The van der Waals surface area contributed by atoms with Gasteiger partial charge in [0.15, 0.2) is 0 Å². The number of ether oxygens (including phenoxy) is 1. The number of morpholine rings is 1. The fourth-order valence-corrected chi connectivity index (χ4v) is 2.78. The quantitative estimate of drug-likeness (QED) is 0.815. The molecule has 0 bridgehead atoms. The van der Waals surface area contributed by atoms with Crippen molar-refractivity contribution < 1.29 is 9.53 Å². The molecule has 0 saturated carbocycles. The predicted molar refractivity (Wildman–Crippen MR) is 93.5 cm³/mol. The van der Waals surface area contributed by atoms with Gasteiger partial charge in [0, 0.05) is 39.6 Å². The Hall–Kier alpha value is -2.48. The molecule has 0 aromatic carbocycles. The van der Waals surface area contributed by atoms with Crippen LogP contribution in [-0.4, -0.2) is 64.3 Å². The zero-order valence-corrected chi connectivity index (χ0v) is 14.9. The van der Waals surface area contributed by atoms with Crippen LogP contribution >= 0.6 is 0 Å². The Bertz CT molecular complexity index is 729. The summed E-state index contributed by atoms with van der Waals surface area (Å²) in [5.74, 6) is 0.614. The summed E-state index contributed by atoms with van der Waals surface area (Å²) in [7, 11) is 3.79. The van der Waals surface area contributed by atoms with Crippen LogP contribution in [0.3, 0.4) is 0 Å². The van der Waals surface area contributed by atoms with Crippen molar-refractivity contribution >= 4 is 11.9 Å². The van der Waals surface area contributed by atoms with Crippen molar-refractivity contribution in [1.29, 1.82) is 0 Å². The minimum Gasteiger partial charge on any atom is -0.368 e. The molecule has 8 nitrogen and oxygen atoms in total. The Morgan fingerprint density at radius 3 is 3.04 bits per heavy atom. The number of aryl methyl sites for hydroxylation is 1. The van der Waals surface area contributed by atoms with Gasteiger partial charge in [0.05, 0.1) is 30.6 Å². The third-order valence-corrected chi connectivity index (χ3v) is 4.08. The number of rotatable bonds is 5. The van der Waals surface area contributed by atoms with Crippen molar-refractivity contribution in [3.63, 3.8) is 0 Å². The normalized spacial score (nSPS) is 17.6. The average Bonchev–Trinajstić information content (AvgIpc) is 3.10. The molecule has 0 radical (unpaired) electrons. The monoisotopic (exact) mass is 344 g/mol. The fraction of sp³-hybridized carbons (Fsp3) is 0.529. The minimum absolute atomic E-state index is 0.0162. The molecule has 0 unspecified atom stereocenters. The zero-order chi connectivity index (χ0) is 17.8. The minimum atomic E-state index is -0.245. The van der Waals surface area contributed by atoms with Crippen LogP contribution in [0, 0.1) is 0 Å². The lowest BCUT2D eigenvalue weighted by atomic mass is 10.2. The maximum Gasteiger partial charge on any atom is 0.257 e. The van der Waals surface area contributed by atoms with Crippen molar-refractivity contribution in [3.05, 3.63) is 35.9 Å². The Morgan fingerprint density at radius 2 is 2.28 bits per heavy atom. The Balaban J connectivity index is 1.72. The van der Waals surface area contributed by atoms with E-state index in [0.717, 1.165) is 18.7 Å². The van der Waals surface area contributed by atoms with Gasteiger partial charge in [0.1, 0.15) is 6.10 Å². The van der Waals surface area contributed by atoms with Crippen LogP contribution in [-0.2, 0) is 11.3 Å². The lowest BCUT2D eigenvalue weighted by molar-refractivity contribution is -0.0247. The molecular weight excluding hydrogens is 320 g/mol. The molecule has 0 spiro atoms. The summed E-state index contributed by atoms with van der Waals surface area (Å²) in [6.07, 6.45) is 5.90. The van der Waals surface area contributed by atoms with E-state index in [-0.39, 0.29) is 12.0 Å². The van der Waals surface area contributed by atoms with E-state index in [2.05, 4.69) is 22.0 Å². The summed E-state index contributed by atoms with van der Waals surface area (Å²) in [5.41, 5.74) is 1.41. The molecule has 1 atom stereocenters. The van der Waals surface area contributed by atoms with Crippen molar-refractivity contribution in [1.82, 2.24) is 24.6 Å². The van der Waals surface area contributed by atoms with Gasteiger partial charge in [-0.25, -0.2) is 9.97 Å². The van der Waals surface area contributed by atoms with Crippen LogP contribution in [0.5, 0.6) is 0 Å². The first-order chi connectivity index (χ1) is 12.1. The highest BCUT2D eigenvalue weighted by Crippen LogP contribution is 2.22. The van der Waals surface area contributed by atoms with Gasteiger partial charge in [0.25, 0.3) is 5.91 Å². The lowest BCUT2D eigenvalue weighted by Gasteiger charge is -2.32. The van der Waals surface area contributed by atoms with E-state index in [1.807, 2.05) is 31.3 Å². The molecule has 8 heteroatoms. The van der Waals surface area contributed by atoms with E-state index in [1.54, 1.807) is 22.0 Å². The second-order valence-electron chi connectivity index (χ2n) is 6.28. The van der Waals surface area contributed by atoms with Crippen LogP contribution in [0.2, 0.25) is 0 Å². The molecule has 1 fully saturated rings. The highest BCUT2D eigenvalue weighted by Gasteiger charge is 2.28. The van der Waals surface area contributed by atoms with Crippen molar-refractivity contribution in [2.75, 3.05) is 38.7 Å². The summed E-state index contributed by atoms with van der Waals surface area (Å²) >= 11 is 0. The molecule has 1 aliphatic rings. The van der Waals surface area contributed by atoms with E-state index in [1.165, 1.54) is 0 Å². The van der Waals surface area contributed by atoms with Crippen LogP contribution in [0.1, 0.15) is 35.5 Å². The number of carbonyl (C=O) groups excluding carboxylic acids is 1. The SMILES string of the molecule is CCCn1cc(C(=O)N2CCO[C@H](c3ccnc(N(C)C)n3)C2)cn1. The van der Waals surface area contributed by atoms with Gasteiger partial charge in [0.2, 0.25) is 5.95 Å². The molecule has 2 aromatic heterocycles. The molecule has 1 saturated heterocycles. The van der Waals surface area contributed by atoms with Gasteiger partial charge in [-0.15, -0.1) is 0 Å². The number of hydrogen-bond acceptors (Lipinski definition) is 6. The number of carbonyl (C=O) groups is 1. The molecule has 3 heterocycles. The Labute approximate surface area is 147 Å². The van der Waals surface area contributed by atoms with Crippen LogP contribution in [0.15, 0.2) is 24.7 Å². The van der Waals surface area contributed by atoms with Crippen molar-refractivity contribution in [2.24, 2.45) is 0 Å². The van der Waals surface area contributed by atoms with Gasteiger partial charge in [-0.2, -0.15) is 5.10 Å². The largest absolute Gasteiger partial charge is 0.368 e. The number of anilines is 1. The van der Waals surface area contributed by atoms with Crippen molar-refractivity contribution in [3.8, 4) is 0 Å². The van der Waals surface area contributed by atoms with E-state index in [4.69, 9.17) is 4.74 Å². The van der Waals surface area contributed by atoms with E-state index >= 15 is 0 Å². The Morgan fingerprint density at radius 1 is 1.44 bits per heavy atom. The molecule has 25 heavy (non-hydrogen) atoms. The first-order valence-electron chi connectivity index (χ1n) is 8.52. The lowest BCUT2D eigenvalue weighted by Crippen LogP contribution is -2.42. The van der Waals surface area contributed by atoms with Crippen LogP contribution < -0.4 is 4.90 Å². The summed E-state index contributed by atoms with van der Waals surface area (Å²) in [6, 6.07) is 1.84. The second-order valence-corrected chi connectivity index (χ2v) is 6.28. The fourth-order valence-electron chi connectivity index (χ4n) is 2.78. The first kappa shape index (κ1) is 17.3. The molecule has 2 aromatic rings. The third-order valence-electron chi connectivity index (χ3n) is 4.08. The Kier molecular flexibility index (Phi) is 5.28. The molecule has 1 aliphatic heterocycles. The van der Waals surface area contributed by atoms with Gasteiger partial charge >= 0.3 is 0 Å². The maximum atomic E-state index is 12.7. The summed E-state index contributed by atoms with van der Waals surface area (Å²) in [5, 5.41) is 4.24. The van der Waals surface area contributed by atoms with E-state index < -0.39 is 0 Å². The molecule has 134 valence electrons. The molecule has 0 N–H and O–H groups in total. The summed E-state index contributed by atoms with van der Waals surface area (Å²) < 4.78 is 7.64. The first-order valence-corrected chi connectivity index (χ1v) is 8.52. The average molecular weight is 344 g/mol. The van der Waals surface area contributed by atoms with Gasteiger partial charge in [-0.3, -0.25) is 9.48 Å². The number of aromatic nitrogens is 4. The predicted octanol–water partition coefficient (Wildman–Crippen LogP) is 1.36. The topological polar surface area (TPSA) is 76.4 Å². The van der Waals surface area contributed by atoms with Gasteiger partial charge < -0.3 is 14.5 Å². The van der Waals surface area contributed by atoms with Gasteiger partial charge in [-0.05, 0) is 12.5 Å². The maximum absolute atomic E-state index is 12.7. The van der Waals surface area contributed by atoms with Gasteiger partial charge in [-0.1, -0.05) is 6.92 Å². The van der Waals surface area contributed by atoms with E-state index in [9.17, 15) is 4.79 Å². The molecular formula is C17H24N6O2. The summed E-state index contributed by atoms with van der Waals surface area (Å²) in [6.45, 7) is 4.43.